The maximum absolute atomic E-state index is 6.45. The topological polar surface area (TPSA) is 44.5 Å². The number of rotatable bonds is 3. The summed E-state index contributed by atoms with van der Waals surface area (Å²) in [6.45, 7) is 11.2. The summed E-state index contributed by atoms with van der Waals surface area (Å²) < 4.78 is 11.8. The molecule has 0 bridgehead atoms. The summed E-state index contributed by atoms with van der Waals surface area (Å²) in [5.41, 5.74) is 6.88. The number of nitrogens with two attached hydrogens (primary N) is 1. The van der Waals surface area contributed by atoms with Crippen LogP contribution < -0.4 is 15.2 Å². The lowest BCUT2D eigenvalue weighted by Crippen LogP contribution is -2.47. The molecule has 1 heterocycles. The highest BCUT2D eigenvalue weighted by Gasteiger charge is 2.39. The quantitative estimate of drug-likeness (QED) is 0.908. The molecule has 2 rings (SSSR count). The lowest BCUT2D eigenvalue weighted by molar-refractivity contribution is 0.0500. The minimum absolute atomic E-state index is 0.225. The molecule has 0 amide bonds. The Labute approximate surface area is 116 Å². The maximum Gasteiger partial charge on any atom is 0.125 e. The molecular formula is C16H25NO2. The molecule has 1 aromatic rings. The SMILES string of the molecule is CC(C)COc1ccc2c(c1)C(C)(N)CC(C)(C)O2. The van der Waals surface area contributed by atoms with Crippen molar-refractivity contribution in [2.24, 2.45) is 11.7 Å². The van der Waals surface area contributed by atoms with Crippen molar-refractivity contribution in [2.45, 2.75) is 52.2 Å². The van der Waals surface area contributed by atoms with E-state index in [9.17, 15) is 0 Å². The second-order valence-corrected chi connectivity index (χ2v) is 6.82. The Morgan fingerprint density at radius 2 is 2.00 bits per heavy atom. The van der Waals surface area contributed by atoms with Crippen LogP contribution >= 0.6 is 0 Å². The first-order valence-corrected chi connectivity index (χ1v) is 6.95. The zero-order valence-corrected chi connectivity index (χ0v) is 12.6. The highest BCUT2D eigenvalue weighted by molar-refractivity contribution is 5.46. The van der Waals surface area contributed by atoms with Gasteiger partial charge in [-0.05, 0) is 44.9 Å². The summed E-state index contributed by atoms with van der Waals surface area (Å²) in [5.74, 6) is 2.25. The van der Waals surface area contributed by atoms with Gasteiger partial charge in [0.15, 0.2) is 0 Å². The van der Waals surface area contributed by atoms with Gasteiger partial charge < -0.3 is 15.2 Å². The van der Waals surface area contributed by atoms with Crippen LogP contribution in [0.3, 0.4) is 0 Å². The van der Waals surface area contributed by atoms with Crippen LogP contribution in [0.25, 0.3) is 0 Å². The average Bonchev–Trinajstić information content (AvgIpc) is 2.24. The molecule has 106 valence electrons. The molecule has 1 atom stereocenters. The summed E-state index contributed by atoms with van der Waals surface area (Å²) in [6, 6.07) is 5.95. The Bertz CT molecular complexity index is 464. The van der Waals surface area contributed by atoms with Gasteiger partial charge in [0.05, 0.1) is 6.61 Å². The van der Waals surface area contributed by atoms with Crippen LogP contribution in [0.4, 0.5) is 0 Å². The number of benzene rings is 1. The lowest BCUT2D eigenvalue weighted by atomic mass is 9.80. The first-order valence-electron chi connectivity index (χ1n) is 6.95. The summed E-state index contributed by atoms with van der Waals surface area (Å²) in [4.78, 5) is 0. The molecule has 0 aliphatic carbocycles. The molecule has 1 aliphatic rings. The van der Waals surface area contributed by atoms with E-state index in [1.807, 2.05) is 18.2 Å². The second-order valence-electron chi connectivity index (χ2n) is 6.82. The van der Waals surface area contributed by atoms with Crippen molar-refractivity contribution in [3.05, 3.63) is 23.8 Å². The number of ether oxygens (including phenoxy) is 2. The molecule has 1 aliphatic heterocycles. The van der Waals surface area contributed by atoms with E-state index in [0.717, 1.165) is 23.5 Å². The molecule has 0 radical (unpaired) electrons. The average molecular weight is 263 g/mol. The Balaban J connectivity index is 2.29. The zero-order chi connectivity index (χ0) is 14.3. The molecule has 2 N–H and O–H groups in total. The van der Waals surface area contributed by atoms with E-state index in [1.54, 1.807) is 0 Å². The summed E-state index contributed by atoms with van der Waals surface area (Å²) in [6.07, 6.45) is 0.792. The summed E-state index contributed by atoms with van der Waals surface area (Å²) in [7, 11) is 0. The maximum atomic E-state index is 6.45. The molecule has 0 saturated heterocycles. The fourth-order valence-electron chi connectivity index (χ4n) is 2.71. The van der Waals surface area contributed by atoms with Gasteiger partial charge in [-0.25, -0.2) is 0 Å². The molecule has 0 saturated carbocycles. The van der Waals surface area contributed by atoms with Crippen LogP contribution in [0.15, 0.2) is 18.2 Å². The van der Waals surface area contributed by atoms with Crippen molar-refractivity contribution in [1.82, 2.24) is 0 Å². The molecular weight excluding hydrogens is 238 g/mol. The van der Waals surface area contributed by atoms with Crippen molar-refractivity contribution in [2.75, 3.05) is 6.61 Å². The second kappa shape index (κ2) is 4.71. The van der Waals surface area contributed by atoms with Crippen LogP contribution in [-0.2, 0) is 5.54 Å². The smallest absolute Gasteiger partial charge is 0.125 e. The molecule has 0 aromatic heterocycles. The van der Waals surface area contributed by atoms with Gasteiger partial charge in [0.25, 0.3) is 0 Å². The number of fused-ring (bicyclic) bond motifs is 1. The largest absolute Gasteiger partial charge is 0.493 e. The van der Waals surface area contributed by atoms with Gasteiger partial charge in [0.1, 0.15) is 17.1 Å². The normalized spacial score (nSPS) is 24.8. The first kappa shape index (κ1) is 14.2. The van der Waals surface area contributed by atoms with Gasteiger partial charge in [-0.1, -0.05) is 13.8 Å². The highest BCUT2D eigenvalue weighted by atomic mass is 16.5. The van der Waals surface area contributed by atoms with Crippen molar-refractivity contribution >= 4 is 0 Å². The Kier molecular flexibility index (Phi) is 3.52. The third kappa shape index (κ3) is 3.21. The summed E-state index contributed by atoms with van der Waals surface area (Å²) in [5, 5.41) is 0. The highest BCUT2D eigenvalue weighted by Crippen LogP contribution is 2.43. The lowest BCUT2D eigenvalue weighted by Gasteiger charge is -2.42. The molecule has 0 fully saturated rings. The van der Waals surface area contributed by atoms with Crippen molar-refractivity contribution < 1.29 is 9.47 Å². The van der Waals surface area contributed by atoms with Gasteiger partial charge in [0.2, 0.25) is 0 Å². The number of hydrogen-bond acceptors (Lipinski definition) is 3. The minimum Gasteiger partial charge on any atom is -0.493 e. The standard InChI is InChI=1S/C16H25NO2/c1-11(2)9-18-12-6-7-14-13(8-12)16(5,17)10-15(3,4)19-14/h6-8,11H,9-10,17H2,1-5H3. The monoisotopic (exact) mass is 263 g/mol. The van der Waals surface area contributed by atoms with Crippen LogP contribution in [0.1, 0.15) is 46.6 Å². The molecule has 3 heteroatoms. The van der Waals surface area contributed by atoms with E-state index in [0.29, 0.717) is 12.5 Å². The van der Waals surface area contributed by atoms with Gasteiger partial charge in [-0.15, -0.1) is 0 Å². The van der Waals surface area contributed by atoms with E-state index in [-0.39, 0.29) is 11.1 Å². The van der Waals surface area contributed by atoms with Crippen LogP contribution in [0, 0.1) is 5.92 Å². The van der Waals surface area contributed by atoms with Crippen molar-refractivity contribution in [3.8, 4) is 11.5 Å². The molecule has 3 nitrogen and oxygen atoms in total. The molecule has 19 heavy (non-hydrogen) atoms. The van der Waals surface area contributed by atoms with Gasteiger partial charge in [-0.2, -0.15) is 0 Å². The Morgan fingerprint density at radius 1 is 1.32 bits per heavy atom. The zero-order valence-electron chi connectivity index (χ0n) is 12.6. The minimum atomic E-state index is -0.381. The van der Waals surface area contributed by atoms with Crippen LogP contribution in [0.5, 0.6) is 11.5 Å². The molecule has 0 spiro atoms. The van der Waals surface area contributed by atoms with Gasteiger partial charge in [-0.3, -0.25) is 0 Å². The van der Waals surface area contributed by atoms with E-state index in [1.165, 1.54) is 0 Å². The fraction of sp³-hybridized carbons (Fsp3) is 0.625. The predicted molar refractivity (Wildman–Crippen MR) is 77.6 cm³/mol. The van der Waals surface area contributed by atoms with Gasteiger partial charge >= 0.3 is 0 Å². The molecule has 1 unspecified atom stereocenters. The third-order valence-corrected chi connectivity index (χ3v) is 3.33. The Morgan fingerprint density at radius 3 is 2.63 bits per heavy atom. The van der Waals surface area contributed by atoms with Crippen LogP contribution in [-0.4, -0.2) is 12.2 Å². The third-order valence-electron chi connectivity index (χ3n) is 3.33. The van der Waals surface area contributed by atoms with E-state index < -0.39 is 0 Å². The fourth-order valence-corrected chi connectivity index (χ4v) is 2.71. The van der Waals surface area contributed by atoms with Crippen molar-refractivity contribution in [3.63, 3.8) is 0 Å². The predicted octanol–water partition coefficient (Wildman–Crippen LogP) is 3.46. The van der Waals surface area contributed by atoms with Crippen LogP contribution in [0.2, 0.25) is 0 Å². The van der Waals surface area contributed by atoms with Crippen molar-refractivity contribution in [1.29, 1.82) is 0 Å². The van der Waals surface area contributed by atoms with Gasteiger partial charge in [0, 0.05) is 17.5 Å². The Hall–Kier alpha value is -1.22. The van der Waals surface area contributed by atoms with E-state index in [2.05, 4.69) is 34.6 Å². The first-order chi connectivity index (χ1) is 8.70. The van der Waals surface area contributed by atoms with E-state index in [4.69, 9.17) is 15.2 Å². The van der Waals surface area contributed by atoms with E-state index >= 15 is 0 Å². The number of hydrogen-bond donors (Lipinski definition) is 1. The summed E-state index contributed by atoms with van der Waals surface area (Å²) >= 11 is 0. The molecule has 1 aromatic carbocycles.